The van der Waals surface area contributed by atoms with Gasteiger partial charge in [-0.15, -0.1) is 0 Å². The molecular weight excluding hydrogens is 268 g/mol. The van der Waals surface area contributed by atoms with Gasteiger partial charge in [-0.25, -0.2) is 0 Å². The van der Waals surface area contributed by atoms with E-state index >= 15 is 0 Å². The molecule has 1 atom stereocenters. The van der Waals surface area contributed by atoms with Gasteiger partial charge in [0.05, 0.1) is 12.0 Å². The normalized spacial score (nSPS) is 11.6. The van der Waals surface area contributed by atoms with Crippen LogP contribution in [0.2, 0.25) is 0 Å². The summed E-state index contributed by atoms with van der Waals surface area (Å²) >= 11 is 3.32. The second-order valence-corrected chi connectivity index (χ2v) is 4.64. The number of carbonyl (C=O) groups excluding carboxylic acids is 1. The summed E-state index contributed by atoms with van der Waals surface area (Å²) in [5.41, 5.74) is 0.627. The second kappa shape index (κ2) is 5.66. The largest absolute Gasteiger partial charge is 0.340 e. The molecule has 1 unspecified atom stereocenters. The first-order valence-corrected chi connectivity index (χ1v) is 5.74. The second-order valence-electron chi connectivity index (χ2n) is 3.73. The molecule has 1 rings (SSSR count). The lowest BCUT2D eigenvalue weighted by molar-refractivity contribution is 0.0785. The Bertz CT molecular complexity index is 425. The molecule has 1 aromatic rings. The van der Waals surface area contributed by atoms with Crippen LogP contribution >= 0.6 is 15.9 Å². The Morgan fingerprint density at radius 2 is 2.31 bits per heavy atom. The summed E-state index contributed by atoms with van der Waals surface area (Å²) < 4.78 is 0.875. The first kappa shape index (κ1) is 12.7. The molecule has 0 spiro atoms. The Morgan fingerprint density at radius 3 is 2.88 bits per heavy atom. The number of nitriles is 1. The molecule has 0 aliphatic rings. The zero-order chi connectivity index (χ0) is 12.1. The van der Waals surface area contributed by atoms with Gasteiger partial charge in [-0.2, -0.15) is 5.26 Å². The molecule has 1 aromatic carbocycles. The zero-order valence-electron chi connectivity index (χ0n) is 9.27. The number of carbonyl (C=O) groups is 1. The van der Waals surface area contributed by atoms with Gasteiger partial charge in [0.2, 0.25) is 0 Å². The molecule has 0 aromatic heterocycles. The monoisotopic (exact) mass is 280 g/mol. The molecule has 0 N–H and O–H groups in total. The highest BCUT2D eigenvalue weighted by Crippen LogP contribution is 2.13. The van der Waals surface area contributed by atoms with Crippen LogP contribution < -0.4 is 0 Å². The van der Waals surface area contributed by atoms with Crippen molar-refractivity contribution in [2.75, 3.05) is 13.6 Å². The molecule has 84 valence electrons. The van der Waals surface area contributed by atoms with Crippen LogP contribution in [0.5, 0.6) is 0 Å². The van der Waals surface area contributed by atoms with Crippen molar-refractivity contribution < 1.29 is 4.79 Å². The number of benzene rings is 1. The van der Waals surface area contributed by atoms with Crippen molar-refractivity contribution in [2.24, 2.45) is 5.92 Å². The molecule has 0 saturated carbocycles. The van der Waals surface area contributed by atoms with E-state index in [-0.39, 0.29) is 11.8 Å². The van der Waals surface area contributed by atoms with Crippen molar-refractivity contribution in [3.63, 3.8) is 0 Å². The number of nitrogens with zero attached hydrogens (tertiary/aromatic N) is 2. The van der Waals surface area contributed by atoms with Crippen LogP contribution in [0.25, 0.3) is 0 Å². The van der Waals surface area contributed by atoms with Crippen LogP contribution in [0.1, 0.15) is 17.3 Å². The summed E-state index contributed by atoms with van der Waals surface area (Å²) in [6, 6.07) is 9.34. The maximum absolute atomic E-state index is 11.9. The Kier molecular flexibility index (Phi) is 4.51. The quantitative estimate of drug-likeness (QED) is 0.855. The first-order chi connectivity index (χ1) is 7.54. The standard InChI is InChI=1S/C12H13BrN2O/c1-9(7-14)8-15(2)12(16)10-4-3-5-11(13)6-10/h3-6,9H,8H2,1-2H3. The van der Waals surface area contributed by atoms with E-state index < -0.39 is 0 Å². The van der Waals surface area contributed by atoms with Gasteiger partial charge in [-0.3, -0.25) is 4.79 Å². The number of hydrogen-bond acceptors (Lipinski definition) is 2. The molecule has 0 fully saturated rings. The van der Waals surface area contributed by atoms with E-state index in [2.05, 4.69) is 22.0 Å². The molecule has 0 heterocycles. The molecule has 0 saturated heterocycles. The molecule has 0 radical (unpaired) electrons. The summed E-state index contributed by atoms with van der Waals surface area (Å²) in [5, 5.41) is 8.68. The number of rotatable bonds is 3. The van der Waals surface area contributed by atoms with Crippen LogP contribution in [-0.2, 0) is 0 Å². The van der Waals surface area contributed by atoms with Gasteiger partial charge in [0, 0.05) is 23.6 Å². The average molecular weight is 281 g/mol. The fourth-order valence-electron chi connectivity index (χ4n) is 1.38. The van der Waals surface area contributed by atoms with Crippen molar-refractivity contribution in [2.45, 2.75) is 6.92 Å². The molecule has 16 heavy (non-hydrogen) atoms. The van der Waals surface area contributed by atoms with Gasteiger partial charge in [0.25, 0.3) is 5.91 Å². The maximum atomic E-state index is 11.9. The summed E-state index contributed by atoms with van der Waals surface area (Å²) in [7, 11) is 1.71. The van der Waals surface area contributed by atoms with Crippen molar-refractivity contribution in [1.29, 1.82) is 5.26 Å². The lowest BCUT2D eigenvalue weighted by Gasteiger charge is -2.18. The third kappa shape index (κ3) is 3.35. The van der Waals surface area contributed by atoms with Gasteiger partial charge in [-0.1, -0.05) is 22.0 Å². The van der Waals surface area contributed by atoms with E-state index in [1.807, 2.05) is 12.1 Å². The van der Waals surface area contributed by atoms with Crippen molar-refractivity contribution >= 4 is 21.8 Å². The highest BCUT2D eigenvalue weighted by Gasteiger charge is 2.14. The van der Waals surface area contributed by atoms with E-state index in [1.54, 1.807) is 31.0 Å². The molecule has 1 amide bonds. The van der Waals surface area contributed by atoms with Gasteiger partial charge < -0.3 is 4.90 Å². The van der Waals surface area contributed by atoms with Crippen LogP contribution in [0.4, 0.5) is 0 Å². The van der Waals surface area contributed by atoms with Crippen LogP contribution in [-0.4, -0.2) is 24.4 Å². The van der Waals surface area contributed by atoms with Gasteiger partial charge >= 0.3 is 0 Å². The minimum absolute atomic E-state index is 0.0663. The summed E-state index contributed by atoms with van der Waals surface area (Å²) in [4.78, 5) is 13.5. The molecule has 0 bridgehead atoms. The number of hydrogen-bond donors (Lipinski definition) is 0. The van der Waals surface area contributed by atoms with Crippen LogP contribution in [0, 0.1) is 17.2 Å². The molecule has 4 heteroatoms. The van der Waals surface area contributed by atoms with E-state index in [0.717, 1.165) is 4.47 Å². The minimum atomic E-state index is -0.152. The van der Waals surface area contributed by atoms with Crippen molar-refractivity contribution in [3.05, 3.63) is 34.3 Å². The molecular formula is C12H13BrN2O. The lowest BCUT2D eigenvalue weighted by atomic mass is 10.1. The fourth-order valence-corrected chi connectivity index (χ4v) is 1.78. The SMILES string of the molecule is CC(C#N)CN(C)C(=O)c1cccc(Br)c1. The van der Waals surface area contributed by atoms with Gasteiger partial charge in [0.1, 0.15) is 0 Å². The Labute approximate surface area is 104 Å². The third-order valence-corrected chi connectivity index (χ3v) is 2.68. The van der Waals surface area contributed by atoms with E-state index in [0.29, 0.717) is 12.1 Å². The van der Waals surface area contributed by atoms with Crippen molar-refractivity contribution in [3.8, 4) is 6.07 Å². The molecule has 0 aliphatic carbocycles. The average Bonchev–Trinajstić information content (AvgIpc) is 2.27. The van der Waals surface area contributed by atoms with Crippen LogP contribution in [0.15, 0.2) is 28.7 Å². The van der Waals surface area contributed by atoms with Gasteiger partial charge in [-0.05, 0) is 25.1 Å². The Hall–Kier alpha value is -1.34. The Balaban J connectivity index is 2.75. The topological polar surface area (TPSA) is 44.1 Å². The summed E-state index contributed by atoms with van der Waals surface area (Å²) in [6.45, 7) is 2.24. The summed E-state index contributed by atoms with van der Waals surface area (Å²) in [6.07, 6.45) is 0. The smallest absolute Gasteiger partial charge is 0.253 e. The van der Waals surface area contributed by atoms with E-state index in [9.17, 15) is 4.79 Å². The fraction of sp³-hybridized carbons (Fsp3) is 0.333. The van der Waals surface area contributed by atoms with Gasteiger partial charge in [0.15, 0.2) is 0 Å². The number of halogens is 1. The maximum Gasteiger partial charge on any atom is 0.253 e. The highest BCUT2D eigenvalue weighted by molar-refractivity contribution is 9.10. The minimum Gasteiger partial charge on any atom is -0.340 e. The predicted molar refractivity (Wildman–Crippen MR) is 65.9 cm³/mol. The lowest BCUT2D eigenvalue weighted by Crippen LogP contribution is -2.30. The van der Waals surface area contributed by atoms with Crippen LogP contribution in [0.3, 0.4) is 0 Å². The Morgan fingerprint density at radius 1 is 1.62 bits per heavy atom. The zero-order valence-corrected chi connectivity index (χ0v) is 10.9. The van der Waals surface area contributed by atoms with E-state index in [4.69, 9.17) is 5.26 Å². The van der Waals surface area contributed by atoms with Crippen molar-refractivity contribution in [1.82, 2.24) is 4.90 Å². The molecule has 0 aliphatic heterocycles. The first-order valence-electron chi connectivity index (χ1n) is 4.95. The highest BCUT2D eigenvalue weighted by atomic mass is 79.9. The predicted octanol–water partition coefficient (Wildman–Crippen LogP) is 2.68. The molecule has 3 nitrogen and oxygen atoms in total. The van der Waals surface area contributed by atoms with E-state index in [1.165, 1.54) is 0 Å². The third-order valence-electron chi connectivity index (χ3n) is 2.19. The number of amides is 1. The summed E-state index contributed by atoms with van der Waals surface area (Å²) in [5.74, 6) is -0.218.